The van der Waals surface area contributed by atoms with Crippen LogP contribution >= 0.6 is 24.8 Å². The van der Waals surface area contributed by atoms with Crippen molar-refractivity contribution in [1.82, 2.24) is 5.32 Å². The van der Waals surface area contributed by atoms with Gasteiger partial charge >= 0.3 is 0 Å². The fraction of sp³-hybridized carbons (Fsp3) is 0.538. The van der Waals surface area contributed by atoms with Gasteiger partial charge in [-0.25, -0.2) is 0 Å². The molecule has 1 aromatic carbocycles. The van der Waals surface area contributed by atoms with Crippen molar-refractivity contribution in [3.05, 3.63) is 29.3 Å². The van der Waals surface area contributed by atoms with Gasteiger partial charge in [-0.15, -0.1) is 24.8 Å². The highest BCUT2D eigenvalue weighted by Crippen LogP contribution is 2.19. The average Bonchev–Trinajstić information content (AvgIpc) is 2.25. The van der Waals surface area contributed by atoms with Crippen LogP contribution in [0.25, 0.3) is 0 Å². The van der Waals surface area contributed by atoms with Crippen molar-refractivity contribution in [3.63, 3.8) is 0 Å². The Morgan fingerprint density at radius 1 is 1.12 bits per heavy atom. The molecule has 1 aromatic rings. The molecule has 0 unspecified atom stereocenters. The number of halogens is 2. The second-order valence-electron chi connectivity index (χ2n) is 4.49. The maximum Gasteiger partial charge on any atom is 0.0374 e. The summed E-state index contributed by atoms with van der Waals surface area (Å²) in [7, 11) is 0. The molecule has 2 nitrogen and oxygen atoms in total. The van der Waals surface area contributed by atoms with Crippen LogP contribution < -0.4 is 10.6 Å². The molecule has 17 heavy (non-hydrogen) atoms. The van der Waals surface area contributed by atoms with E-state index in [2.05, 4.69) is 42.7 Å². The van der Waals surface area contributed by atoms with Gasteiger partial charge in [-0.05, 0) is 57.0 Å². The summed E-state index contributed by atoms with van der Waals surface area (Å²) in [4.78, 5) is 0. The SMILES string of the molecule is Cc1ccc(C)c(NC2CCNCC2)c1.Cl.Cl. The van der Waals surface area contributed by atoms with Crippen LogP contribution in [0.5, 0.6) is 0 Å². The molecule has 0 saturated carbocycles. The first kappa shape index (κ1) is 16.6. The van der Waals surface area contributed by atoms with E-state index in [1.807, 2.05) is 0 Å². The first-order valence-electron chi connectivity index (χ1n) is 5.80. The van der Waals surface area contributed by atoms with E-state index in [9.17, 15) is 0 Å². The van der Waals surface area contributed by atoms with Gasteiger partial charge in [-0.2, -0.15) is 0 Å². The minimum Gasteiger partial charge on any atom is -0.382 e. The van der Waals surface area contributed by atoms with E-state index in [-0.39, 0.29) is 24.8 Å². The molecule has 4 heteroatoms. The monoisotopic (exact) mass is 276 g/mol. The lowest BCUT2D eigenvalue weighted by molar-refractivity contribution is 0.479. The van der Waals surface area contributed by atoms with Gasteiger partial charge in [-0.3, -0.25) is 0 Å². The van der Waals surface area contributed by atoms with Gasteiger partial charge < -0.3 is 10.6 Å². The molecule has 1 aliphatic rings. The van der Waals surface area contributed by atoms with E-state index in [4.69, 9.17) is 0 Å². The van der Waals surface area contributed by atoms with Crippen LogP contribution in [0.15, 0.2) is 18.2 Å². The average molecular weight is 277 g/mol. The normalized spacial score (nSPS) is 15.6. The van der Waals surface area contributed by atoms with Crippen molar-refractivity contribution in [2.75, 3.05) is 18.4 Å². The summed E-state index contributed by atoms with van der Waals surface area (Å²) in [5.74, 6) is 0. The van der Waals surface area contributed by atoms with Crippen LogP contribution in [0.3, 0.4) is 0 Å². The first-order chi connectivity index (χ1) is 7.25. The zero-order valence-electron chi connectivity index (χ0n) is 10.5. The molecule has 2 N–H and O–H groups in total. The Kier molecular flexibility index (Phi) is 7.60. The molecule has 0 bridgehead atoms. The van der Waals surface area contributed by atoms with Gasteiger partial charge in [-0.1, -0.05) is 12.1 Å². The molecule has 0 aromatic heterocycles. The van der Waals surface area contributed by atoms with Crippen molar-refractivity contribution >= 4 is 30.5 Å². The molecule has 0 aliphatic carbocycles. The summed E-state index contributed by atoms with van der Waals surface area (Å²) >= 11 is 0. The van der Waals surface area contributed by atoms with Crippen LogP contribution in [0, 0.1) is 13.8 Å². The number of hydrogen-bond donors (Lipinski definition) is 2. The molecule has 0 spiro atoms. The summed E-state index contributed by atoms with van der Waals surface area (Å²) in [6.45, 7) is 6.60. The molecule has 1 fully saturated rings. The Hall–Kier alpha value is -0.440. The van der Waals surface area contributed by atoms with E-state index < -0.39 is 0 Å². The van der Waals surface area contributed by atoms with E-state index in [1.165, 1.54) is 29.7 Å². The lowest BCUT2D eigenvalue weighted by Gasteiger charge is -2.25. The highest BCUT2D eigenvalue weighted by Gasteiger charge is 2.12. The van der Waals surface area contributed by atoms with Crippen LogP contribution in [-0.4, -0.2) is 19.1 Å². The summed E-state index contributed by atoms with van der Waals surface area (Å²) in [5.41, 5.74) is 3.98. The third kappa shape index (κ3) is 4.74. The molecule has 98 valence electrons. The first-order valence-corrected chi connectivity index (χ1v) is 5.80. The van der Waals surface area contributed by atoms with Gasteiger partial charge in [0.05, 0.1) is 0 Å². The van der Waals surface area contributed by atoms with Crippen molar-refractivity contribution in [2.45, 2.75) is 32.7 Å². The lowest BCUT2D eigenvalue weighted by Crippen LogP contribution is -2.35. The topological polar surface area (TPSA) is 24.1 Å². The molecule has 0 radical (unpaired) electrons. The van der Waals surface area contributed by atoms with Gasteiger partial charge in [0.1, 0.15) is 0 Å². The van der Waals surface area contributed by atoms with Crippen LogP contribution in [0.4, 0.5) is 5.69 Å². The summed E-state index contributed by atoms with van der Waals surface area (Å²) in [6.07, 6.45) is 2.46. The molecule has 2 rings (SSSR count). The molecular formula is C13H22Cl2N2. The number of nitrogens with one attached hydrogen (secondary N) is 2. The number of hydrogen-bond acceptors (Lipinski definition) is 2. The number of aryl methyl sites for hydroxylation is 2. The van der Waals surface area contributed by atoms with Crippen LogP contribution in [0.2, 0.25) is 0 Å². The second-order valence-corrected chi connectivity index (χ2v) is 4.49. The maximum atomic E-state index is 3.65. The zero-order valence-corrected chi connectivity index (χ0v) is 12.1. The van der Waals surface area contributed by atoms with Gasteiger partial charge in [0.25, 0.3) is 0 Å². The van der Waals surface area contributed by atoms with Gasteiger partial charge in [0.2, 0.25) is 0 Å². The van der Waals surface area contributed by atoms with E-state index in [1.54, 1.807) is 0 Å². The minimum atomic E-state index is 0. The largest absolute Gasteiger partial charge is 0.382 e. The van der Waals surface area contributed by atoms with E-state index >= 15 is 0 Å². The molecule has 1 heterocycles. The maximum absolute atomic E-state index is 3.65. The molecule has 1 saturated heterocycles. The Balaban J connectivity index is 0.00000128. The lowest BCUT2D eigenvalue weighted by atomic mass is 10.0. The van der Waals surface area contributed by atoms with Crippen LogP contribution in [-0.2, 0) is 0 Å². The van der Waals surface area contributed by atoms with E-state index in [0.717, 1.165) is 13.1 Å². The number of piperidine rings is 1. The highest BCUT2D eigenvalue weighted by molar-refractivity contribution is 5.85. The fourth-order valence-electron chi connectivity index (χ4n) is 2.08. The van der Waals surface area contributed by atoms with Crippen LogP contribution in [0.1, 0.15) is 24.0 Å². The summed E-state index contributed by atoms with van der Waals surface area (Å²) in [6, 6.07) is 7.26. The smallest absolute Gasteiger partial charge is 0.0374 e. The third-order valence-electron chi connectivity index (χ3n) is 3.09. The molecule has 0 atom stereocenters. The minimum absolute atomic E-state index is 0. The Bertz CT molecular complexity index is 336. The van der Waals surface area contributed by atoms with Crippen molar-refractivity contribution < 1.29 is 0 Å². The molecule has 0 amide bonds. The predicted octanol–water partition coefficient (Wildman–Crippen LogP) is 3.31. The van der Waals surface area contributed by atoms with Gasteiger partial charge in [0.15, 0.2) is 0 Å². The summed E-state index contributed by atoms with van der Waals surface area (Å²) < 4.78 is 0. The number of rotatable bonds is 2. The van der Waals surface area contributed by atoms with Crippen molar-refractivity contribution in [3.8, 4) is 0 Å². The summed E-state index contributed by atoms with van der Waals surface area (Å²) in [5, 5.41) is 7.04. The van der Waals surface area contributed by atoms with Gasteiger partial charge in [0, 0.05) is 11.7 Å². The Labute approximate surface area is 116 Å². The zero-order chi connectivity index (χ0) is 10.7. The quantitative estimate of drug-likeness (QED) is 0.866. The fourth-order valence-corrected chi connectivity index (χ4v) is 2.08. The number of anilines is 1. The highest BCUT2D eigenvalue weighted by atomic mass is 35.5. The van der Waals surface area contributed by atoms with Crippen molar-refractivity contribution in [2.24, 2.45) is 0 Å². The van der Waals surface area contributed by atoms with Crippen molar-refractivity contribution in [1.29, 1.82) is 0 Å². The Morgan fingerprint density at radius 2 is 1.76 bits per heavy atom. The third-order valence-corrected chi connectivity index (χ3v) is 3.09. The van der Waals surface area contributed by atoms with E-state index in [0.29, 0.717) is 6.04 Å². The number of benzene rings is 1. The second kappa shape index (κ2) is 7.80. The molecular weight excluding hydrogens is 255 g/mol. The predicted molar refractivity (Wildman–Crippen MR) is 79.9 cm³/mol. The Morgan fingerprint density at radius 3 is 2.41 bits per heavy atom. The standard InChI is InChI=1S/C13H20N2.2ClH/c1-10-3-4-11(2)13(9-10)15-12-5-7-14-8-6-12;;/h3-4,9,12,14-15H,5-8H2,1-2H3;2*1H. The molecule has 1 aliphatic heterocycles.